The molecule has 208 valence electrons. The summed E-state index contributed by atoms with van der Waals surface area (Å²) in [5.41, 5.74) is 2.84. The fourth-order valence-corrected chi connectivity index (χ4v) is 7.32. The SMILES string of the molecule is COC[C@@H]1Nc2ccccc2[C@H]2[C@@H]1CCN2C(=O)[C@H]1CCCC[C@H]1NC(=O)c1ccc(N2CCCCC2)nc1. The molecule has 5 atom stereocenters. The number of pyridine rings is 1. The van der Waals surface area contributed by atoms with E-state index < -0.39 is 0 Å². The minimum absolute atomic E-state index is 0.0416. The van der Waals surface area contributed by atoms with Gasteiger partial charge in [0.05, 0.1) is 30.2 Å². The van der Waals surface area contributed by atoms with E-state index in [0.29, 0.717) is 18.1 Å². The van der Waals surface area contributed by atoms with E-state index in [-0.39, 0.29) is 35.9 Å². The standard InChI is InChI=1S/C31H41N5O3/c1-39-20-27-23-15-18-36(29(23)22-9-3-5-11-25(22)33-27)31(38)24-10-4-6-12-26(24)34-30(37)21-13-14-28(32-19-21)35-16-7-2-8-17-35/h3,5,9,11,13-14,19,23-24,26-27,29,33H,2,4,6-8,10,12,15-18,20H2,1H3,(H,34,37)/t23-,24+,26-,27+,29+/m1/s1. The normalized spacial score (nSPS) is 28.3. The van der Waals surface area contributed by atoms with E-state index in [2.05, 4.69) is 43.6 Å². The number of methoxy groups -OCH3 is 1. The maximum absolute atomic E-state index is 14.2. The number of piperidine rings is 1. The molecule has 3 fully saturated rings. The third-order valence-electron chi connectivity index (χ3n) is 9.30. The van der Waals surface area contributed by atoms with Gasteiger partial charge < -0.3 is 25.2 Å². The van der Waals surface area contributed by atoms with E-state index in [1.807, 2.05) is 18.2 Å². The van der Waals surface area contributed by atoms with Gasteiger partial charge in [-0.25, -0.2) is 4.98 Å². The molecule has 1 aromatic carbocycles. The molecule has 0 spiro atoms. The molecular weight excluding hydrogens is 490 g/mol. The van der Waals surface area contributed by atoms with Crippen molar-refractivity contribution in [2.75, 3.05) is 43.6 Å². The minimum Gasteiger partial charge on any atom is -0.383 e. The molecule has 0 unspecified atom stereocenters. The number of fused-ring (bicyclic) bond motifs is 3. The zero-order valence-corrected chi connectivity index (χ0v) is 23.0. The van der Waals surface area contributed by atoms with Crippen molar-refractivity contribution >= 4 is 23.3 Å². The monoisotopic (exact) mass is 531 g/mol. The first-order valence-electron chi connectivity index (χ1n) is 14.8. The number of hydrogen-bond donors (Lipinski definition) is 2. The third kappa shape index (κ3) is 5.23. The molecule has 39 heavy (non-hydrogen) atoms. The van der Waals surface area contributed by atoms with Crippen molar-refractivity contribution in [3.05, 3.63) is 53.7 Å². The van der Waals surface area contributed by atoms with Gasteiger partial charge in [0.1, 0.15) is 5.82 Å². The van der Waals surface area contributed by atoms with Crippen molar-refractivity contribution in [1.82, 2.24) is 15.2 Å². The summed E-state index contributed by atoms with van der Waals surface area (Å²) in [7, 11) is 1.74. The fraction of sp³-hybridized carbons (Fsp3) is 0.581. The van der Waals surface area contributed by atoms with Crippen LogP contribution >= 0.6 is 0 Å². The highest BCUT2D eigenvalue weighted by Crippen LogP contribution is 2.47. The molecule has 1 aromatic heterocycles. The zero-order chi connectivity index (χ0) is 26.8. The van der Waals surface area contributed by atoms with E-state index in [9.17, 15) is 9.59 Å². The van der Waals surface area contributed by atoms with Crippen molar-refractivity contribution in [3.63, 3.8) is 0 Å². The molecule has 2 amide bonds. The number of para-hydroxylation sites is 1. The van der Waals surface area contributed by atoms with E-state index in [4.69, 9.17) is 4.74 Å². The lowest BCUT2D eigenvalue weighted by molar-refractivity contribution is -0.139. The Morgan fingerprint density at radius 2 is 1.82 bits per heavy atom. The first kappa shape index (κ1) is 26.1. The van der Waals surface area contributed by atoms with E-state index in [1.54, 1.807) is 13.3 Å². The van der Waals surface area contributed by atoms with Gasteiger partial charge in [-0.2, -0.15) is 0 Å². The summed E-state index contributed by atoms with van der Waals surface area (Å²) in [5, 5.41) is 6.89. The second-order valence-corrected chi connectivity index (χ2v) is 11.6. The number of nitrogens with one attached hydrogen (secondary N) is 2. The number of carbonyl (C=O) groups excluding carboxylic acids is 2. The molecule has 0 radical (unpaired) electrons. The number of amides is 2. The Morgan fingerprint density at radius 3 is 2.62 bits per heavy atom. The van der Waals surface area contributed by atoms with Gasteiger partial charge in [-0.05, 0) is 62.3 Å². The van der Waals surface area contributed by atoms with Crippen molar-refractivity contribution in [1.29, 1.82) is 0 Å². The van der Waals surface area contributed by atoms with Crippen LogP contribution in [0.3, 0.4) is 0 Å². The molecule has 4 heterocycles. The highest BCUT2D eigenvalue weighted by Gasteiger charge is 2.48. The van der Waals surface area contributed by atoms with Crippen LogP contribution in [0.5, 0.6) is 0 Å². The Bertz CT molecular complexity index is 1170. The molecule has 0 bridgehead atoms. The van der Waals surface area contributed by atoms with Crippen LogP contribution in [0.2, 0.25) is 0 Å². The van der Waals surface area contributed by atoms with Crippen LogP contribution < -0.4 is 15.5 Å². The maximum atomic E-state index is 14.2. The number of aromatic nitrogens is 1. The number of likely N-dealkylation sites (tertiary alicyclic amines) is 1. The van der Waals surface area contributed by atoms with Crippen molar-refractivity contribution in [2.24, 2.45) is 11.8 Å². The lowest BCUT2D eigenvalue weighted by atomic mass is 9.81. The van der Waals surface area contributed by atoms with Gasteiger partial charge >= 0.3 is 0 Å². The molecule has 3 aliphatic heterocycles. The molecule has 2 aromatic rings. The van der Waals surface area contributed by atoms with Crippen LogP contribution in [0, 0.1) is 11.8 Å². The number of anilines is 2. The van der Waals surface area contributed by atoms with Crippen molar-refractivity contribution < 1.29 is 14.3 Å². The van der Waals surface area contributed by atoms with Gasteiger partial charge in [0.25, 0.3) is 5.91 Å². The highest BCUT2D eigenvalue weighted by molar-refractivity contribution is 5.94. The molecule has 1 aliphatic carbocycles. The van der Waals surface area contributed by atoms with E-state index in [0.717, 1.165) is 63.2 Å². The van der Waals surface area contributed by atoms with Gasteiger partial charge in [-0.15, -0.1) is 0 Å². The fourth-order valence-electron chi connectivity index (χ4n) is 7.32. The van der Waals surface area contributed by atoms with Crippen LogP contribution in [0.15, 0.2) is 42.6 Å². The number of nitrogens with zero attached hydrogens (tertiary/aromatic N) is 3. The molecular formula is C31H41N5O3. The van der Waals surface area contributed by atoms with Crippen LogP contribution in [0.1, 0.15) is 73.3 Å². The van der Waals surface area contributed by atoms with E-state index >= 15 is 0 Å². The molecule has 6 rings (SSSR count). The van der Waals surface area contributed by atoms with Crippen molar-refractivity contribution in [2.45, 2.75) is 69.5 Å². The summed E-state index contributed by atoms with van der Waals surface area (Å²) in [5.74, 6) is 1.09. The van der Waals surface area contributed by atoms with Gasteiger partial charge in [0.15, 0.2) is 0 Å². The highest BCUT2D eigenvalue weighted by atomic mass is 16.5. The van der Waals surface area contributed by atoms with Crippen LogP contribution in [0.25, 0.3) is 0 Å². The molecule has 4 aliphatic rings. The summed E-state index contributed by atoms with van der Waals surface area (Å²) in [4.78, 5) is 36.5. The van der Waals surface area contributed by atoms with Crippen LogP contribution in [0.4, 0.5) is 11.5 Å². The molecule has 1 saturated carbocycles. The Labute approximate surface area is 231 Å². The average Bonchev–Trinajstić information content (AvgIpc) is 3.44. The Balaban J connectivity index is 1.17. The predicted octanol–water partition coefficient (Wildman–Crippen LogP) is 4.39. The van der Waals surface area contributed by atoms with Crippen LogP contribution in [-0.4, -0.2) is 67.1 Å². The largest absolute Gasteiger partial charge is 0.383 e. The van der Waals surface area contributed by atoms with Gasteiger partial charge in [-0.1, -0.05) is 31.0 Å². The second kappa shape index (κ2) is 11.5. The smallest absolute Gasteiger partial charge is 0.253 e. The quantitative estimate of drug-likeness (QED) is 0.575. The van der Waals surface area contributed by atoms with Gasteiger partial charge in [0, 0.05) is 50.6 Å². The Hall–Kier alpha value is -3.13. The summed E-state index contributed by atoms with van der Waals surface area (Å²) >= 11 is 0. The van der Waals surface area contributed by atoms with Gasteiger partial charge in [0.2, 0.25) is 5.91 Å². The van der Waals surface area contributed by atoms with Crippen LogP contribution in [-0.2, 0) is 9.53 Å². The summed E-state index contributed by atoms with van der Waals surface area (Å²) in [6.07, 6.45) is 9.96. The number of ether oxygens (including phenoxy) is 1. The molecule has 8 nitrogen and oxygen atoms in total. The van der Waals surface area contributed by atoms with E-state index in [1.165, 1.54) is 24.8 Å². The summed E-state index contributed by atoms with van der Waals surface area (Å²) < 4.78 is 5.54. The first-order chi connectivity index (χ1) is 19.1. The minimum atomic E-state index is -0.204. The average molecular weight is 532 g/mol. The molecule has 2 N–H and O–H groups in total. The molecule has 8 heteroatoms. The predicted molar refractivity (Wildman–Crippen MR) is 152 cm³/mol. The number of carbonyl (C=O) groups is 2. The lowest BCUT2D eigenvalue weighted by Crippen LogP contribution is -2.50. The maximum Gasteiger partial charge on any atom is 0.253 e. The zero-order valence-electron chi connectivity index (χ0n) is 23.0. The van der Waals surface area contributed by atoms with Gasteiger partial charge in [-0.3, -0.25) is 9.59 Å². The summed E-state index contributed by atoms with van der Waals surface area (Å²) in [6, 6.07) is 12.2. The first-order valence-corrected chi connectivity index (χ1v) is 14.8. The Morgan fingerprint density at radius 1 is 1.00 bits per heavy atom. The third-order valence-corrected chi connectivity index (χ3v) is 9.30. The lowest BCUT2D eigenvalue weighted by Gasteiger charge is -2.41. The second-order valence-electron chi connectivity index (χ2n) is 11.6. The number of benzene rings is 1. The van der Waals surface area contributed by atoms with Crippen molar-refractivity contribution in [3.8, 4) is 0 Å². The number of rotatable bonds is 6. The summed E-state index contributed by atoms with van der Waals surface area (Å²) in [6.45, 7) is 3.40. The molecule has 2 saturated heterocycles. The number of hydrogen-bond acceptors (Lipinski definition) is 6. The Kier molecular flexibility index (Phi) is 7.73. The topological polar surface area (TPSA) is 86.8 Å².